The van der Waals surface area contributed by atoms with E-state index in [2.05, 4.69) is 46.0 Å². The van der Waals surface area contributed by atoms with Crippen LogP contribution < -0.4 is 10.6 Å². The predicted octanol–water partition coefficient (Wildman–Crippen LogP) is 3.21. The molecule has 0 aliphatic rings. The van der Waals surface area contributed by atoms with Gasteiger partial charge in [-0.1, -0.05) is 6.07 Å². The maximum absolute atomic E-state index is 8.64. The molecule has 0 bridgehead atoms. The summed E-state index contributed by atoms with van der Waals surface area (Å²) in [6.45, 7) is 5.69. The highest BCUT2D eigenvalue weighted by Crippen LogP contribution is 2.29. The molecule has 0 saturated carbocycles. The molecular formula is C13H18BrN3. The van der Waals surface area contributed by atoms with Crippen LogP contribution in [-0.4, -0.2) is 13.1 Å². The van der Waals surface area contributed by atoms with Crippen LogP contribution in [0.25, 0.3) is 0 Å². The van der Waals surface area contributed by atoms with Gasteiger partial charge in [0.15, 0.2) is 0 Å². The first-order valence-corrected chi connectivity index (χ1v) is 6.56. The van der Waals surface area contributed by atoms with E-state index in [4.69, 9.17) is 11.0 Å². The Balaban J connectivity index is 2.93. The van der Waals surface area contributed by atoms with Gasteiger partial charge in [0.2, 0.25) is 0 Å². The monoisotopic (exact) mass is 295 g/mol. The van der Waals surface area contributed by atoms with E-state index in [-0.39, 0.29) is 6.04 Å². The third-order valence-corrected chi connectivity index (χ3v) is 3.35. The lowest BCUT2D eigenvalue weighted by atomic mass is 10.1. The molecule has 0 fully saturated rings. The van der Waals surface area contributed by atoms with Crippen molar-refractivity contribution < 1.29 is 0 Å². The molecule has 1 unspecified atom stereocenters. The lowest BCUT2D eigenvalue weighted by Crippen LogP contribution is -2.24. The van der Waals surface area contributed by atoms with Gasteiger partial charge in [-0.05, 0) is 47.5 Å². The van der Waals surface area contributed by atoms with Crippen molar-refractivity contribution in [1.82, 2.24) is 0 Å². The molecule has 2 N–H and O–H groups in total. The lowest BCUT2D eigenvalue weighted by molar-refractivity contribution is 0.807. The highest BCUT2D eigenvalue weighted by atomic mass is 79.9. The van der Waals surface area contributed by atoms with E-state index in [0.717, 1.165) is 28.8 Å². The number of hydrogen-bond donors (Lipinski definition) is 1. The molecule has 1 aromatic carbocycles. The Labute approximate surface area is 111 Å². The minimum Gasteiger partial charge on any atom is -0.370 e. The molecule has 92 valence electrons. The van der Waals surface area contributed by atoms with Crippen LogP contribution in [0.2, 0.25) is 0 Å². The topological polar surface area (TPSA) is 53.0 Å². The molecule has 17 heavy (non-hydrogen) atoms. The molecule has 0 aromatic heterocycles. The summed E-state index contributed by atoms with van der Waals surface area (Å²) in [5.74, 6) is 0. The number of nitrogens with two attached hydrogens (primary N) is 1. The fourth-order valence-corrected chi connectivity index (χ4v) is 2.34. The van der Waals surface area contributed by atoms with Crippen molar-refractivity contribution in [3.05, 3.63) is 28.2 Å². The molecule has 1 rings (SSSR count). The van der Waals surface area contributed by atoms with Crippen LogP contribution in [0.5, 0.6) is 0 Å². The SMILES string of the molecule is CCN(CCC#N)c1ccc(C(C)N)cc1Br. The molecule has 0 aliphatic carbocycles. The summed E-state index contributed by atoms with van der Waals surface area (Å²) in [4.78, 5) is 2.18. The van der Waals surface area contributed by atoms with Crippen molar-refractivity contribution in [2.45, 2.75) is 26.3 Å². The first-order chi connectivity index (χ1) is 8.10. The second-order valence-electron chi connectivity index (χ2n) is 3.99. The summed E-state index contributed by atoms with van der Waals surface area (Å²) in [7, 11) is 0. The number of benzene rings is 1. The van der Waals surface area contributed by atoms with Crippen LogP contribution in [0.15, 0.2) is 22.7 Å². The summed E-state index contributed by atoms with van der Waals surface area (Å²) in [6.07, 6.45) is 0.537. The Kier molecular flexibility index (Phi) is 5.46. The standard InChI is InChI=1S/C13H18BrN3/c1-3-17(8-4-7-15)13-6-5-11(10(2)16)9-12(13)14/h5-6,9-10H,3-4,8,16H2,1-2H3. The number of halogens is 1. The van der Waals surface area contributed by atoms with E-state index in [1.807, 2.05) is 13.0 Å². The van der Waals surface area contributed by atoms with Crippen molar-refractivity contribution in [2.24, 2.45) is 5.73 Å². The third-order valence-electron chi connectivity index (χ3n) is 2.71. The summed E-state index contributed by atoms with van der Waals surface area (Å²) in [5.41, 5.74) is 8.07. The van der Waals surface area contributed by atoms with E-state index in [0.29, 0.717) is 6.42 Å². The molecule has 0 spiro atoms. The molecule has 0 amide bonds. The molecule has 0 radical (unpaired) electrons. The van der Waals surface area contributed by atoms with Gasteiger partial charge < -0.3 is 10.6 Å². The Bertz CT molecular complexity index is 410. The number of anilines is 1. The zero-order valence-electron chi connectivity index (χ0n) is 10.3. The maximum Gasteiger partial charge on any atom is 0.0640 e. The van der Waals surface area contributed by atoms with E-state index >= 15 is 0 Å². The molecule has 0 aliphatic heterocycles. The fraction of sp³-hybridized carbons (Fsp3) is 0.462. The van der Waals surface area contributed by atoms with Crippen LogP contribution in [0.4, 0.5) is 5.69 Å². The maximum atomic E-state index is 8.64. The minimum absolute atomic E-state index is 0.0366. The molecule has 0 saturated heterocycles. The Morgan fingerprint density at radius 1 is 1.53 bits per heavy atom. The third kappa shape index (κ3) is 3.72. The fourth-order valence-electron chi connectivity index (χ4n) is 1.70. The highest BCUT2D eigenvalue weighted by molar-refractivity contribution is 9.10. The Hall–Kier alpha value is -1.05. The van der Waals surface area contributed by atoms with Gasteiger partial charge in [0.25, 0.3) is 0 Å². The van der Waals surface area contributed by atoms with Gasteiger partial charge in [-0.3, -0.25) is 0 Å². The largest absolute Gasteiger partial charge is 0.370 e. The average molecular weight is 296 g/mol. The summed E-state index contributed by atoms with van der Waals surface area (Å²) in [5, 5.41) is 8.64. The number of nitrogens with zero attached hydrogens (tertiary/aromatic N) is 2. The first kappa shape index (κ1) is 14.0. The van der Waals surface area contributed by atoms with Gasteiger partial charge in [-0.25, -0.2) is 0 Å². The number of rotatable bonds is 5. The van der Waals surface area contributed by atoms with Crippen molar-refractivity contribution in [3.63, 3.8) is 0 Å². The number of hydrogen-bond acceptors (Lipinski definition) is 3. The summed E-state index contributed by atoms with van der Waals surface area (Å²) < 4.78 is 1.03. The predicted molar refractivity (Wildman–Crippen MR) is 74.9 cm³/mol. The van der Waals surface area contributed by atoms with Crippen LogP contribution in [0.3, 0.4) is 0 Å². The summed E-state index contributed by atoms with van der Waals surface area (Å²) in [6, 6.07) is 8.36. The highest BCUT2D eigenvalue weighted by Gasteiger charge is 2.09. The van der Waals surface area contributed by atoms with Crippen molar-refractivity contribution in [1.29, 1.82) is 5.26 Å². The molecule has 3 nitrogen and oxygen atoms in total. The second kappa shape index (κ2) is 6.63. The van der Waals surface area contributed by atoms with Crippen LogP contribution in [-0.2, 0) is 0 Å². The van der Waals surface area contributed by atoms with E-state index < -0.39 is 0 Å². The van der Waals surface area contributed by atoms with Crippen LogP contribution >= 0.6 is 15.9 Å². The van der Waals surface area contributed by atoms with Gasteiger partial charge in [-0.15, -0.1) is 0 Å². The van der Waals surface area contributed by atoms with Crippen molar-refractivity contribution >= 4 is 21.6 Å². The van der Waals surface area contributed by atoms with Gasteiger partial charge in [0.05, 0.1) is 18.2 Å². The minimum atomic E-state index is 0.0366. The molecular weight excluding hydrogens is 278 g/mol. The normalized spacial score (nSPS) is 11.9. The quantitative estimate of drug-likeness (QED) is 0.907. The Morgan fingerprint density at radius 2 is 2.24 bits per heavy atom. The Morgan fingerprint density at radius 3 is 2.71 bits per heavy atom. The zero-order valence-corrected chi connectivity index (χ0v) is 11.9. The van der Waals surface area contributed by atoms with E-state index in [9.17, 15) is 0 Å². The smallest absolute Gasteiger partial charge is 0.0640 e. The van der Waals surface area contributed by atoms with E-state index in [1.165, 1.54) is 0 Å². The lowest BCUT2D eigenvalue weighted by Gasteiger charge is -2.24. The van der Waals surface area contributed by atoms with Gasteiger partial charge >= 0.3 is 0 Å². The molecule has 0 heterocycles. The van der Waals surface area contributed by atoms with Crippen LogP contribution in [0.1, 0.15) is 31.9 Å². The van der Waals surface area contributed by atoms with Crippen molar-refractivity contribution in [2.75, 3.05) is 18.0 Å². The molecule has 1 aromatic rings. The zero-order chi connectivity index (χ0) is 12.8. The number of nitriles is 1. The van der Waals surface area contributed by atoms with Crippen LogP contribution in [0, 0.1) is 11.3 Å². The first-order valence-electron chi connectivity index (χ1n) is 5.77. The van der Waals surface area contributed by atoms with Gasteiger partial charge in [0, 0.05) is 23.6 Å². The summed E-state index contributed by atoms with van der Waals surface area (Å²) >= 11 is 3.57. The van der Waals surface area contributed by atoms with E-state index in [1.54, 1.807) is 0 Å². The van der Waals surface area contributed by atoms with Gasteiger partial charge in [0.1, 0.15) is 0 Å². The average Bonchev–Trinajstić information content (AvgIpc) is 2.31. The van der Waals surface area contributed by atoms with Gasteiger partial charge in [-0.2, -0.15) is 5.26 Å². The van der Waals surface area contributed by atoms with Crippen molar-refractivity contribution in [3.8, 4) is 6.07 Å². The molecule has 4 heteroatoms. The molecule has 1 atom stereocenters. The second-order valence-corrected chi connectivity index (χ2v) is 4.84.